The molecule has 0 bridgehead atoms. The Morgan fingerprint density at radius 2 is 1.50 bits per heavy atom. The molecule has 0 aliphatic rings. The van der Waals surface area contributed by atoms with Gasteiger partial charge in [-0.3, -0.25) is 4.67 Å². The molecule has 2 heteroatoms. The van der Waals surface area contributed by atoms with Crippen LogP contribution in [0.25, 0.3) is 0 Å². The molecule has 0 radical (unpaired) electrons. The van der Waals surface area contributed by atoms with Gasteiger partial charge < -0.3 is 0 Å². The number of benzene rings is 1. The maximum absolute atomic E-state index is 2.35. The second-order valence-electron chi connectivity index (χ2n) is 4.67. The van der Waals surface area contributed by atoms with E-state index in [2.05, 4.69) is 69.9 Å². The molecule has 14 heavy (non-hydrogen) atoms. The van der Waals surface area contributed by atoms with Gasteiger partial charge in [0.1, 0.15) is 0 Å². The summed E-state index contributed by atoms with van der Waals surface area (Å²) in [5.41, 5.74) is 0. The molecular formula is C12H20NP. The Kier molecular flexibility index (Phi) is 3.69. The van der Waals surface area contributed by atoms with Crippen molar-refractivity contribution in [3.63, 3.8) is 0 Å². The summed E-state index contributed by atoms with van der Waals surface area (Å²) in [5, 5.41) is 1.79. The van der Waals surface area contributed by atoms with Crippen molar-refractivity contribution >= 4 is 13.4 Å². The number of hydrogen-bond acceptors (Lipinski definition) is 1. The Hall–Kier alpha value is -0.390. The Labute approximate surface area is 88.9 Å². The molecular weight excluding hydrogens is 189 g/mol. The largest absolute Gasteiger partial charge is 0.284 e. The fraction of sp³-hybridized carbons (Fsp3) is 0.500. The summed E-state index contributed by atoms with van der Waals surface area (Å²) >= 11 is 0. The van der Waals surface area contributed by atoms with Crippen LogP contribution in [0.5, 0.6) is 0 Å². The second-order valence-corrected chi connectivity index (χ2v) is 7.95. The fourth-order valence-corrected chi connectivity index (χ4v) is 4.68. The zero-order valence-electron chi connectivity index (χ0n) is 9.78. The van der Waals surface area contributed by atoms with Crippen molar-refractivity contribution in [1.82, 2.24) is 4.67 Å². The predicted octanol–water partition coefficient (Wildman–Crippen LogP) is 3.07. The molecule has 0 aliphatic heterocycles. The lowest BCUT2D eigenvalue weighted by atomic mass is 10.3. The first-order chi connectivity index (χ1) is 6.43. The van der Waals surface area contributed by atoms with E-state index in [1.807, 2.05) is 0 Å². The summed E-state index contributed by atoms with van der Waals surface area (Å²) in [6.45, 7) is 6.93. The number of rotatable bonds is 2. The first kappa shape index (κ1) is 11.7. The van der Waals surface area contributed by atoms with Gasteiger partial charge in [0, 0.05) is 8.07 Å². The number of hydrogen-bond donors (Lipinski definition) is 0. The first-order valence-electron chi connectivity index (χ1n) is 4.95. The molecule has 0 saturated heterocycles. The minimum Gasteiger partial charge on any atom is -0.284 e. The zero-order valence-corrected chi connectivity index (χ0v) is 10.7. The molecule has 0 unspecified atom stereocenters. The third-order valence-electron chi connectivity index (χ3n) is 2.04. The first-order valence-corrected chi connectivity index (χ1v) is 6.25. The third-order valence-corrected chi connectivity index (χ3v) is 4.89. The number of nitrogens with zero attached hydrogens (tertiary/aromatic N) is 1. The van der Waals surface area contributed by atoms with Gasteiger partial charge in [-0.15, -0.1) is 0 Å². The van der Waals surface area contributed by atoms with E-state index in [9.17, 15) is 0 Å². The highest BCUT2D eigenvalue weighted by molar-refractivity contribution is 7.64. The van der Waals surface area contributed by atoms with E-state index in [-0.39, 0.29) is 8.07 Å². The van der Waals surface area contributed by atoms with Crippen molar-refractivity contribution in [1.29, 1.82) is 0 Å². The molecule has 1 aromatic carbocycles. The summed E-state index contributed by atoms with van der Waals surface area (Å²) in [6.07, 6.45) is 0. The van der Waals surface area contributed by atoms with Crippen molar-refractivity contribution < 1.29 is 0 Å². The molecule has 0 fully saturated rings. The Morgan fingerprint density at radius 3 is 1.86 bits per heavy atom. The van der Waals surface area contributed by atoms with Crippen LogP contribution >= 0.6 is 8.07 Å². The van der Waals surface area contributed by atoms with Gasteiger partial charge in [-0.05, 0) is 24.6 Å². The van der Waals surface area contributed by atoms with Crippen molar-refractivity contribution in [2.24, 2.45) is 0 Å². The van der Waals surface area contributed by atoms with Gasteiger partial charge >= 0.3 is 0 Å². The van der Waals surface area contributed by atoms with E-state index in [4.69, 9.17) is 0 Å². The molecule has 78 valence electrons. The summed E-state index contributed by atoms with van der Waals surface area (Å²) in [4.78, 5) is 0. The van der Waals surface area contributed by atoms with Crippen LogP contribution in [-0.2, 0) is 0 Å². The Balaban J connectivity index is 3.02. The lowest BCUT2D eigenvalue weighted by Gasteiger charge is -2.36. The summed E-state index contributed by atoms with van der Waals surface area (Å²) < 4.78 is 2.35. The minimum atomic E-state index is -0.222. The molecule has 1 rings (SSSR count). The standard InChI is InChI=1S/C12H20NP/c1-12(2,3)14(13(4)5)11-9-7-6-8-10-11/h6-10H,1-5H3/t14-/m1/s1. The van der Waals surface area contributed by atoms with E-state index < -0.39 is 0 Å². The lowest BCUT2D eigenvalue weighted by Crippen LogP contribution is -2.27. The molecule has 1 nitrogen and oxygen atoms in total. The Bertz CT molecular complexity index is 274. The minimum absolute atomic E-state index is 0.222. The van der Waals surface area contributed by atoms with Gasteiger partial charge in [0.15, 0.2) is 0 Å². The van der Waals surface area contributed by atoms with Crippen LogP contribution < -0.4 is 5.30 Å². The third kappa shape index (κ3) is 2.80. The van der Waals surface area contributed by atoms with E-state index in [1.165, 1.54) is 5.30 Å². The quantitative estimate of drug-likeness (QED) is 0.677. The van der Waals surface area contributed by atoms with Crippen molar-refractivity contribution in [2.45, 2.75) is 25.9 Å². The average Bonchev–Trinajstić information content (AvgIpc) is 2.02. The smallest absolute Gasteiger partial charge is 0.00106 e. The van der Waals surface area contributed by atoms with Crippen LogP contribution in [0.4, 0.5) is 0 Å². The van der Waals surface area contributed by atoms with E-state index in [0.717, 1.165) is 0 Å². The predicted molar refractivity (Wildman–Crippen MR) is 66.4 cm³/mol. The maximum atomic E-state index is 2.35. The highest BCUT2D eigenvalue weighted by Crippen LogP contribution is 2.49. The molecule has 0 aliphatic carbocycles. The van der Waals surface area contributed by atoms with Crippen LogP contribution in [0, 0.1) is 0 Å². The van der Waals surface area contributed by atoms with Crippen molar-refractivity contribution in [3.8, 4) is 0 Å². The average molecular weight is 209 g/mol. The van der Waals surface area contributed by atoms with Crippen molar-refractivity contribution in [2.75, 3.05) is 14.1 Å². The van der Waals surface area contributed by atoms with Gasteiger partial charge in [0.2, 0.25) is 0 Å². The molecule has 0 aromatic heterocycles. The van der Waals surface area contributed by atoms with Gasteiger partial charge in [-0.2, -0.15) is 0 Å². The van der Waals surface area contributed by atoms with Gasteiger partial charge in [0.05, 0.1) is 0 Å². The monoisotopic (exact) mass is 209 g/mol. The van der Waals surface area contributed by atoms with E-state index >= 15 is 0 Å². The van der Waals surface area contributed by atoms with Crippen molar-refractivity contribution in [3.05, 3.63) is 30.3 Å². The topological polar surface area (TPSA) is 3.24 Å². The SMILES string of the molecule is CN(C)[P@](c1ccccc1)C(C)(C)C. The van der Waals surface area contributed by atoms with Gasteiger partial charge in [-0.25, -0.2) is 0 Å². The van der Waals surface area contributed by atoms with Crippen LogP contribution in [0.3, 0.4) is 0 Å². The molecule has 1 aromatic rings. The molecule has 0 amide bonds. The highest BCUT2D eigenvalue weighted by atomic mass is 31.1. The van der Waals surface area contributed by atoms with Crippen LogP contribution in [0.2, 0.25) is 0 Å². The summed E-state index contributed by atoms with van der Waals surface area (Å²) in [6, 6.07) is 10.8. The van der Waals surface area contributed by atoms with E-state index in [1.54, 1.807) is 0 Å². The van der Waals surface area contributed by atoms with Crippen LogP contribution in [-0.4, -0.2) is 23.9 Å². The lowest BCUT2D eigenvalue weighted by molar-refractivity contribution is 0.637. The second kappa shape index (κ2) is 4.42. The van der Waals surface area contributed by atoms with Gasteiger partial charge in [-0.1, -0.05) is 51.1 Å². The molecule has 0 heterocycles. The van der Waals surface area contributed by atoms with Gasteiger partial charge in [0.25, 0.3) is 0 Å². The zero-order chi connectivity index (χ0) is 10.8. The molecule has 0 saturated carbocycles. The fourth-order valence-electron chi connectivity index (χ4n) is 1.79. The maximum Gasteiger partial charge on any atom is 0.00106 e. The van der Waals surface area contributed by atoms with Crippen LogP contribution in [0.1, 0.15) is 20.8 Å². The summed E-state index contributed by atoms with van der Waals surface area (Å²) in [7, 11) is 4.12. The molecule has 0 spiro atoms. The highest BCUT2D eigenvalue weighted by Gasteiger charge is 2.27. The Morgan fingerprint density at radius 1 is 1.00 bits per heavy atom. The van der Waals surface area contributed by atoms with E-state index in [0.29, 0.717) is 5.16 Å². The van der Waals surface area contributed by atoms with Crippen LogP contribution in [0.15, 0.2) is 30.3 Å². The summed E-state index contributed by atoms with van der Waals surface area (Å²) in [5.74, 6) is 0. The normalized spacial score (nSPS) is 14.4. The molecule has 1 atom stereocenters. The molecule has 0 N–H and O–H groups in total.